The molecule has 21 nitrogen and oxygen atoms in total. The maximum atomic E-state index is 14.1. The summed E-state index contributed by atoms with van der Waals surface area (Å²) < 4.78 is 40.4. The SMILES string of the molecule is CC[C@@]1(OC(=O)[C@H](C)NC(=O)[C@H](CCCCN)NC(=S)Nc2ccc(O[C@H]3OC[C@@H](O)[C@@H](OCC(=O)O)[C@@H]3O)cc2)C(=O)OCc2c1cc1n(c2=O)Cc2cc3cc4c(cc3nc2-1)OCO4. The van der Waals surface area contributed by atoms with Crippen molar-refractivity contribution in [2.45, 2.75) is 95.0 Å². The van der Waals surface area contributed by atoms with E-state index in [-0.39, 0.29) is 61.4 Å². The fourth-order valence-electron chi connectivity index (χ4n) is 8.25. The lowest BCUT2D eigenvalue weighted by molar-refractivity contribution is -0.252. The molecule has 350 valence electrons. The Morgan fingerprint density at radius 3 is 2.53 bits per heavy atom. The van der Waals surface area contributed by atoms with Crippen LogP contribution in [0.5, 0.6) is 17.2 Å². The maximum absolute atomic E-state index is 14.1. The summed E-state index contributed by atoms with van der Waals surface area (Å²) >= 11 is 5.55. The summed E-state index contributed by atoms with van der Waals surface area (Å²) in [6, 6.07) is 11.2. The van der Waals surface area contributed by atoms with Gasteiger partial charge in [0.15, 0.2) is 16.6 Å². The van der Waals surface area contributed by atoms with Crippen molar-refractivity contribution in [2.75, 3.05) is 31.9 Å². The molecule has 0 radical (unpaired) electrons. The monoisotopic (exact) mass is 932 g/mol. The molecule has 6 heterocycles. The molecular formula is C44H48N6O15S. The molecule has 0 spiro atoms. The zero-order chi connectivity index (χ0) is 46.9. The highest BCUT2D eigenvalue weighted by atomic mass is 32.1. The number of benzene rings is 2. The fourth-order valence-corrected chi connectivity index (χ4v) is 8.51. The first-order valence-corrected chi connectivity index (χ1v) is 21.7. The molecule has 4 aliphatic heterocycles. The highest BCUT2D eigenvalue weighted by Crippen LogP contribution is 2.42. The first-order valence-electron chi connectivity index (χ1n) is 21.3. The Morgan fingerprint density at radius 2 is 1.80 bits per heavy atom. The molecule has 8 N–H and O–H groups in total. The smallest absolute Gasteiger partial charge is 0.355 e. The van der Waals surface area contributed by atoms with Gasteiger partial charge in [0.05, 0.1) is 35.6 Å². The molecule has 22 heteroatoms. The number of unbranched alkanes of at least 4 members (excludes halogenated alkanes) is 1. The molecule has 66 heavy (non-hydrogen) atoms. The maximum Gasteiger partial charge on any atom is 0.355 e. The van der Waals surface area contributed by atoms with Gasteiger partial charge < -0.3 is 74.7 Å². The van der Waals surface area contributed by atoms with E-state index in [4.69, 9.17) is 61.2 Å². The van der Waals surface area contributed by atoms with Crippen molar-refractivity contribution in [2.24, 2.45) is 5.73 Å². The van der Waals surface area contributed by atoms with Gasteiger partial charge >= 0.3 is 17.9 Å². The lowest BCUT2D eigenvalue weighted by atomic mass is 9.85. The number of carbonyl (C=O) groups is 4. The van der Waals surface area contributed by atoms with Crippen LogP contribution in [-0.4, -0.2) is 117 Å². The van der Waals surface area contributed by atoms with Gasteiger partial charge in [-0.05, 0) is 93.8 Å². The van der Waals surface area contributed by atoms with Crippen molar-refractivity contribution >= 4 is 57.7 Å². The van der Waals surface area contributed by atoms with Crippen LogP contribution in [0.25, 0.3) is 22.3 Å². The third-order valence-corrected chi connectivity index (χ3v) is 11.9. The highest BCUT2D eigenvalue weighted by molar-refractivity contribution is 7.80. The molecule has 8 rings (SSSR count). The minimum atomic E-state index is -2.01. The number of ether oxygens (including phenoxy) is 7. The number of hydrogen-bond donors (Lipinski definition) is 7. The number of nitrogens with two attached hydrogens (primary N) is 1. The van der Waals surface area contributed by atoms with Crippen LogP contribution in [0.3, 0.4) is 0 Å². The van der Waals surface area contributed by atoms with E-state index in [1.54, 1.807) is 47.9 Å². The number of carbonyl (C=O) groups excluding carboxylic acids is 3. The number of aliphatic hydroxyl groups is 2. The minimum absolute atomic E-state index is 0.0610. The van der Waals surface area contributed by atoms with Crippen LogP contribution < -0.4 is 41.5 Å². The first kappa shape index (κ1) is 46.1. The minimum Gasteiger partial charge on any atom is -0.480 e. The predicted octanol–water partition coefficient (Wildman–Crippen LogP) is 1.27. The second-order valence-electron chi connectivity index (χ2n) is 16.1. The number of thiocarbonyl (C=S) groups is 1. The molecule has 0 saturated carbocycles. The number of pyridine rings is 2. The van der Waals surface area contributed by atoms with Gasteiger partial charge in [0.1, 0.15) is 49.4 Å². The van der Waals surface area contributed by atoms with E-state index in [9.17, 15) is 34.2 Å². The lowest BCUT2D eigenvalue weighted by Gasteiger charge is -2.37. The van der Waals surface area contributed by atoms with Gasteiger partial charge in [-0.3, -0.25) is 9.59 Å². The number of cyclic esters (lactones) is 1. The van der Waals surface area contributed by atoms with Gasteiger partial charge in [0.25, 0.3) is 5.56 Å². The van der Waals surface area contributed by atoms with E-state index < -0.39 is 78.3 Å². The second kappa shape index (κ2) is 19.2. The molecule has 2 aromatic carbocycles. The van der Waals surface area contributed by atoms with Crippen molar-refractivity contribution in [3.05, 3.63) is 75.6 Å². The van der Waals surface area contributed by atoms with Gasteiger partial charge in [0, 0.05) is 28.3 Å². The number of anilines is 1. The first-order chi connectivity index (χ1) is 31.7. The Balaban J connectivity index is 0.930. The Labute approximate surface area is 381 Å². The van der Waals surface area contributed by atoms with Crippen LogP contribution in [0.2, 0.25) is 0 Å². The summed E-state index contributed by atoms with van der Waals surface area (Å²) in [6.45, 7) is 2.41. The molecule has 1 fully saturated rings. The zero-order valence-corrected chi connectivity index (χ0v) is 36.6. The Kier molecular flexibility index (Phi) is 13.4. The number of carboxylic acid groups (broad SMARTS) is 1. The Bertz CT molecular complexity index is 2630. The number of carboxylic acids is 1. The summed E-state index contributed by atoms with van der Waals surface area (Å²) in [6.07, 6.45) is -3.97. The summed E-state index contributed by atoms with van der Waals surface area (Å²) in [5, 5.41) is 39.2. The number of aliphatic carboxylic acids is 1. The standard InChI is InChI=1S/C44H48N6O15S/c1-3-44(27-14-30-35-23(16-50(30)39(56)26(27)17-61-42(44)58)12-22-13-32-33(63-20-62-32)15-29(22)48-35)65-40(57)21(2)46-38(55)28(6-4-5-11-45)49-43(66)47-24-7-9-25(10-8-24)64-41-36(54)37(31(51)18-60-41)59-19-34(52)53/h7-10,12-15,21,28,31,36-37,41,51,54H,3-6,11,16-20,45H2,1-2H3,(H,46,55)(H,52,53)(H2,47,49,66)/t21-,28-,31+,36-,37+,41+,44-/m0/s1. The average Bonchev–Trinajstić information content (AvgIpc) is 3.90. The van der Waals surface area contributed by atoms with E-state index in [0.29, 0.717) is 53.5 Å². The number of hydrogen-bond acceptors (Lipinski definition) is 17. The third kappa shape index (κ3) is 9.19. The number of aliphatic hydroxyl groups excluding tert-OH is 2. The predicted molar refractivity (Wildman–Crippen MR) is 234 cm³/mol. The van der Waals surface area contributed by atoms with Crippen molar-refractivity contribution in [3.8, 4) is 28.6 Å². The number of aromatic nitrogens is 2. The molecule has 1 amide bonds. The highest BCUT2D eigenvalue weighted by Gasteiger charge is 2.51. The fraction of sp³-hybridized carbons (Fsp3) is 0.432. The normalized spacial score (nSPS) is 22.2. The molecule has 4 aliphatic rings. The van der Waals surface area contributed by atoms with Crippen LogP contribution in [0.1, 0.15) is 56.2 Å². The van der Waals surface area contributed by atoms with Crippen molar-refractivity contribution in [3.63, 3.8) is 0 Å². The largest absolute Gasteiger partial charge is 0.480 e. The van der Waals surface area contributed by atoms with Crippen LogP contribution in [0.4, 0.5) is 5.69 Å². The average molecular weight is 933 g/mol. The number of nitrogens with zero attached hydrogens (tertiary/aromatic N) is 2. The van der Waals surface area contributed by atoms with E-state index in [2.05, 4.69) is 16.0 Å². The molecule has 2 aromatic heterocycles. The second-order valence-corrected chi connectivity index (χ2v) is 16.5. The number of esters is 2. The summed E-state index contributed by atoms with van der Waals surface area (Å²) in [7, 11) is 0. The summed E-state index contributed by atoms with van der Waals surface area (Å²) in [5.41, 5.74) is 6.46. The van der Waals surface area contributed by atoms with Crippen molar-refractivity contribution in [1.82, 2.24) is 20.2 Å². The zero-order valence-electron chi connectivity index (χ0n) is 35.8. The number of fused-ring (bicyclic) bond motifs is 6. The van der Waals surface area contributed by atoms with E-state index in [1.165, 1.54) is 6.92 Å². The van der Waals surface area contributed by atoms with Crippen LogP contribution in [-0.2, 0) is 56.9 Å². The molecule has 0 unspecified atom stereocenters. The molecule has 0 aliphatic carbocycles. The Hall–Kier alpha value is -6.43. The van der Waals surface area contributed by atoms with Gasteiger partial charge in [0.2, 0.25) is 24.6 Å². The molecule has 4 aromatic rings. The van der Waals surface area contributed by atoms with Crippen molar-refractivity contribution in [1.29, 1.82) is 0 Å². The molecule has 7 atom stereocenters. The summed E-state index contributed by atoms with van der Waals surface area (Å²) in [4.78, 5) is 71.3. The molecular weight excluding hydrogens is 885 g/mol. The number of nitrogens with one attached hydrogen (secondary N) is 3. The molecule has 1 saturated heterocycles. The Morgan fingerprint density at radius 1 is 1.05 bits per heavy atom. The summed E-state index contributed by atoms with van der Waals surface area (Å²) in [5.74, 6) is -2.29. The number of rotatable bonds is 16. The lowest BCUT2D eigenvalue weighted by Crippen LogP contribution is -2.56. The topological polar surface area (TPSA) is 291 Å². The van der Waals surface area contributed by atoms with Gasteiger partial charge in [-0.2, -0.15) is 0 Å². The number of amides is 1. The van der Waals surface area contributed by atoms with E-state index in [0.717, 1.165) is 10.9 Å². The van der Waals surface area contributed by atoms with Gasteiger partial charge in [-0.1, -0.05) is 6.92 Å². The van der Waals surface area contributed by atoms with Gasteiger partial charge in [-0.15, -0.1) is 0 Å². The van der Waals surface area contributed by atoms with Gasteiger partial charge in [-0.25, -0.2) is 19.4 Å². The van der Waals surface area contributed by atoms with Crippen LogP contribution in [0.15, 0.2) is 53.3 Å². The molecule has 0 bridgehead atoms. The van der Waals surface area contributed by atoms with Crippen LogP contribution in [0, 0.1) is 0 Å². The quantitative estimate of drug-likeness (QED) is 0.0417. The van der Waals surface area contributed by atoms with E-state index in [1.807, 2.05) is 12.1 Å². The van der Waals surface area contributed by atoms with Crippen molar-refractivity contribution < 1.29 is 67.7 Å². The van der Waals surface area contributed by atoms with Crippen LogP contribution >= 0.6 is 12.2 Å². The van der Waals surface area contributed by atoms with E-state index >= 15 is 0 Å². The third-order valence-electron chi connectivity index (χ3n) is 11.7.